The second kappa shape index (κ2) is 36.8. The Kier molecular flexibility index (Phi) is 32.5. The summed E-state index contributed by atoms with van der Waals surface area (Å²) < 4.78 is 64.6. The normalized spacial score (nSPS) is 11.0. The Morgan fingerprint density at radius 3 is 0.333 bits per heavy atom. The number of benzene rings is 1. The van der Waals surface area contributed by atoms with E-state index in [1.165, 1.54) is 83.1 Å². The molecule has 0 heterocycles. The number of carbonyl (C=O) groups excluding carboxylic acids is 12. The predicted molar refractivity (Wildman–Crippen MR) is 269 cm³/mol. The molecule has 0 fully saturated rings. The zero-order chi connectivity index (χ0) is 59.1. The number of hydrogen-bond acceptors (Lipinski definition) is 24. The first-order valence-corrected chi connectivity index (χ1v) is 26.4. The highest BCUT2D eigenvalue weighted by molar-refractivity contribution is 6.00. The molecule has 78 heavy (non-hydrogen) atoms. The minimum absolute atomic E-state index is 0.296. The maximum Gasteiger partial charge on any atom is 0.320 e. The zero-order valence-electron chi connectivity index (χ0n) is 47.0. The van der Waals surface area contributed by atoms with Crippen molar-refractivity contribution >= 4 is 71.6 Å². The molecular formula is C54H78O24. The molecule has 0 saturated carbocycles. The smallest absolute Gasteiger partial charge is 0.320 e. The lowest BCUT2D eigenvalue weighted by molar-refractivity contribution is -0.164. The number of esters is 12. The van der Waals surface area contributed by atoms with E-state index < -0.39 is 146 Å². The topological polar surface area (TPSA) is 316 Å². The Hall–Kier alpha value is -7.14. The average Bonchev–Trinajstić information content (AvgIpc) is 3.38. The second-order valence-corrected chi connectivity index (χ2v) is 16.4. The van der Waals surface area contributed by atoms with Crippen molar-refractivity contribution in [2.24, 2.45) is 35.5 Å². The SMILES string of the molecule is CCOC(=O)C(Cc1c(CC(C(=O)OCC)C(=O)OCC)c(CC(C(=O)OCC)C(=O)OCC)c(CC(C(=O)OCC)C(=O)OCC)c(CC(C(=O)OCC)C(=O)OCC)c1CC(C(=O)OCC)C(=O)OCC)C(=O)OCC. The molecule has 0 aliphatic rings. The molecule has 0 aromatic heterocycles. The summed E-state index contributed by atoms with van der Waals surface area (Å²) in [5.41, 5.74) is -1.87. The van der Waals surface area contributed by atoms with Gasteiger partial charge >= 0.3 is 71.6 Å². The monoisotopic (exact) mass is 1110 g/mol. The third kappa shape index (κ3) is 20.3. The Morgan fingerprint density at radius 2 is 0.269 bits per heavy atom. The van der Waals surface area contributed by atoms with Gasteiger partial charge in [-0.2, -0.15) is 0 Å². The molecule has 0 spiro atoms. The summed E-state index contributed by atoms with van der Waals surface area (Å²) in [6.07, 6.45) is -5.38. The van der Waals surface area contributed by atoms with Crippen molar-refractivity contribution in [2.75, 3.05) is 79.3 Å². The highest BCUT2D eigenvalue weighted by Gasteiger charge is 2.44. The molecule has 1 aromatic rings. The van der Waals surface area contributed by atoms with Gasteiger partial charge in [0.2, 0.25) is 0 Å². The minimum Gasteiger partial charge on any atom is -0.465 e. The summed E-state index contributed by atoms with van der Waals surface area (Å²) >= 11 is 0. The van der Waals surface area contributed by atoms with Crippen molar-refractivity contribution in [1.82, 2.24) is 0 Å². The second-order valence-electron chi connectivity index (χ2n) is 16.4. The fourth-order valence-corrected chi connectivity index (χ4v) is 8.29. The Bertz CT molecular complexity index is 1710. The van der Waals surface area contributed by atoms with Crippen LogP contribution < -0.4 is 0 Å². The van der Waals surface area contributed by atoms with Crippen LogP contribution in [0.3, 0.4) is 0 Å². The van der Waals surface area contributed by atoms with Crippen LogP contribution in [-0.2, 0) is 153 Å². The molecule has 0 atom stereocenters. The molecule has 1 rings (SSSR count). The minimum atomic E-state index is -2.00. The summed E-state index contributed by atoms with van der Waals surface area (Å²) in [6.45, 7) is 13.7. The molecule has 0 bridgehead atoms. The van der Waals surface area contributed by atoms with E-state index in [9.17, 15) is 57.5 Å². The molecule has 0 saturated heterocycles. The van der Waals surface area contributed by atoms with Crippen LogP contribution in [0.2, 0.25) is 0 Å². The lowest BCUT2D eigenvalue weighted by Crippen LogP contribution is -2.38. The van der Waals surface area contributed by atoms with Crippen LogP contribution >= 0.6 is 0 Å². The fraction of sp³-hybridized carbons (Fsp3) is 0.667. The Balaban J connectivity index is 5.82. The van der Waals surface area contributed by atoms with Crippen LogP contribution in [-0.4, -0.2) is 151 Å². The van der Waals surface area contributed by atoms with Crippen LogP contribution in [0.5, 0.6) is 0 Å². The van der Waals surface area contributed by atoms with Gasteiger partial charge in [0.25, 0.3) is 0 Å². The van der Waals surface area contributed by atoms with Gasteiger partial charge in [0.15, 0.2) is 35.5 Å². The van der Waals surface area contributed by atoms with Crippen LogP contribution in [0, 0.1) is 35.5 Å². The number of hydrogen-bond donors (Lipinski definition) is 0. The summed E-state index contributed by atoms with van der Waals surface area (Å²) in [6, 6.07) is 0. The van der Waals surface area contributed by atoms with Gasteiger partial charge in [-0.1, -0.05) is 0 Å². The summed E-state index contributed by atoms with van der Waals surface area (Å²) in [4.78, 5) is 170. The van der Waals surface area contributed by atoms with E-state index in [2.05, 4.69) is 0 Å². The predicted octanol–water partition coefficient (Wildman–Crippen LogP) is 3.40. The van der Waals surface area contributed by atoms with Crippen LogP contribution in [0.25, 0.3) is 0 Å². The van der Waals surface area contributed by atoms with Gasteiger partial charge < -0.3 is 56.8 Å². The van der Waals surface area contributed by atoms with Gasteiger partial charge in [-0.15, -0.1) is 0 Å². The molecule has 0 radical (unpaired) electrons. The first kappa shape index (κ1) is 68.9. The quantitative estimate of drug-likeness (QED) is 0.0528. The van der Waals surface area contributed by atoms with E-state index in [-0.39, 0.29) is 113 Å². The van der Waals surface area contributed by atoms with Crippen molar-refractivity contribution in [2.45, 2.75) is 122 Å². The molecule has 0 aliphatic heterocycles. The highest BCUT2D eigenvalue weighted by atomic mass is 16.6. The lowest BCUT2D eigenvalue weighted by atomic mass is 9.72. The van der Waals surface area contributed by atoms with Crippen molar-refractivity contribution in [3.63, 3.8) is 0 Å². The molecular weight excluding hydrogens is 1030 g/mol. The van der Waals surface area contributed by atoms with E-state index in [1.807, 2.05) is 0 Å². The number of rotatable bonds is 36. The summed E-state index contributed by atoms with van der Waals surface area (Å²) in [5.74, 6) is -26.3. The first-order chi connectivity index (χ1) is 37.2. The molecule has 0 unspecified atom stereocenters. The van der Waals surface area contributed by atoms with E-state index in [0.29, 0.717) is 0 Å². The molecule has 1 aromatic carbocycles. The zero-order valence-corrected chi connectivity index (χ0v) is 47.0. The van der Waals surface area contributed by atoms with Gasteiger partial charge in [-0.3, -0.25) is 57.5 Å². The van der Waals surface area contributed by atoms with E-state index in [0.717, 1.165) is 0 Å². The maximum atomic E-state index is 14.2. The number of carbonyl (C=O) groups is 12. The van der Waals surface area contributed by atoms with Crippen molar-refractivity contribution in [1.29, 1.82) is 0 Å². The van der Waals surface area contributed by atoms with Crippen LogP contribution in [0.4, 0.5) is 0 Å². The van der Waals surface area contributed by atoms with Gasteiger partial charge in [-0.05, 0) is 155 Å². The molecule has 24 nitrogen and oxygen atoms in total. The van der Waals surface area contributed by atoms with Gasteiger partial charge in [0.05, 0.1) is 79.3 Å². The van der Waals surface area contributed by atoms with Gasteiger partial charge in [-0.25, -0.2) is 0 Å². The largest absolute Gasteiger partial charge is 0.465 e. The first-order valence-electron chi connectivity index (χ1n) is 26.4. The Labute approximate surface area is 454 Å². The van der Waals surface area contributed by atoms with Crippen molar-refractivity contribution < 1.29 is 114 Å². The molecule has 0 aliphatic carbocycles. The standard InChI is InChI=1S/C54H78O24/c1-13-67-43(55)37(44(56)68-14-2)25-31-32(26-38(45(57)69-15-3)46(58)70-16-4)34(28-40(49(61)73-19-7)50(62)74-20-8)36(30-42(53(65)77-23-11)54(66)78-24-12)35(29-41(51(63)75-21-9)52(64)76-22-10)33(31)27-39(47(59)71-17-5)48(60)72-18-6/h37-42H,13-30H2,1-12H3. The third-order valence-electron chi connectivity index (χ3n) is 11.5. The van der Waals surface area contributed by atoms with Gasteiger partial charge in [0.1, 0.15) is 0 Å². The molecule has 0 N–H and O–H groups in total. The number of ether oxygens (including phenoxy) is 12. The summed E-state index contributed by atoms with van der Waals surface area (Å²) in [5, 5.41) is 0. The lowest BCUT2D eigenvalue weighted by Gasteiger charge is -2.32. The summed E-state index contributed by atoms with van der Waals surface area (Å²) in [7, 11) is 0. The molecule has 24 heteroatoms. The molecule has 438 valence electrons. The van der Waals surface area contributed by atoms with E-state index in [1.54, 1.807) is 0 Å². The van der Waals surface area contributed by atoms with Crippen molar-refractivity contribution in [3.05, 3.63) is 33.4 Å². The van der Waals surface area contributed by atoms with Crippen LogP contribution in [0.15, 0.2) is 0 Å². The highest BCUT2D eigenvalue weighted by Crippen LogP contribution is 2.40. The van der Waals surface area contributed by atoms with Crippen molar-refractivity contribution in [3.8, 4) is 0 Å². The molecule has 0 amide bonds. The fourth-order valence-electron chi connectivity index (χ4n) is 8.29. The van der Waals surface area contributed by atoms with E-state index in [4.69, 9.17) is 56.8 Å². The van der Waals surface area contributed by atoms with Crippen LogP contribution in [0.1, 0.15) is 116 Å². The maximum absolute atomic E-state index is 14.2. The average molecular weight is 1110 g/mol. The Morgan fingerprint density at radius 1 is 0.192 bits per heavy atom. The third-order valence-corrected chi connectivity index (χ3v) is 11.5. The van der Waals surface area contributed by atoms with Gasteiger partial charge in [0, 0.05) is 0 Å². The van der Waals surface area contributed by atoms with E-state index >= 15 is 0 Å².